The van der Waals surface area contributed by atoms with Gasteiger partial charge < -0.3 is 9.84 Å². The third kappa shape index (κ3) is 4.11. The Morgan fingerprint density at radius 3 is 2.95 bits per heavy atom. The fraction of sp³-hybridized carbons (Fsp3) is 0.429. The first kappa shape index (κ1) is 15.1. The molecule has 0 atom stereocenters. The Hall–Kier alpha value is -1.27. The van der Waals surface area contributed by atoms with Crippen LogP contribution in [0.3, 0.4) is 0 Å². The maximum absolute atomic E-state index is 13.2. The van der Waals surface area contributed by atoms with Gasteiger partial charge in [-0.05, 0) is 31.2 Å². The van der Waals surface area contributed by atoms with Crippen molar-refractivity contribution in [1.82, 2.24) is 15.5 Å². The van der Waals surface area contributed by atoms with E-state index in [1.165, 1.54) is 12.1 Å². The lowest BCUT2D eigenvalue weighted by molar-refractivity contribution is 0.374. The molecule has 1 aromatic carbocycles. The number of nitrogens with one attached hydrogen (secondary N) is 1. The molecule has 0 fully saturated rings. The molecule has 6 heteroatoms. The molecule has 2 aromatic rings. The summed E-state index contributed by atoms with van der Waals surface area (Å²) in [5.74, 6) is 0.653. The number of nitrogens with zero attached hydrogens (tertiary/aromatic N) is 2. The van der Waals surface area contributed by atoms with Gasteiger partial charge in [-0.25, -0.2) is 4.39 Å². The van der Waals surface area contributed by atoms with Gasteiger partial charge in [-0.2, -0.15) is 4.98 Å². The van der Waals surface area contributed by atoms with Gasteiger partial charge in [0.05, 0.1) is 0 Å². The van der Waals surface area contributed by atoms with Crippen LogP contribution in [0.1, 0.15) is 26.2 Å². The zero-order valence-electron chi connectivity index (χ0n) is 11.5. The normalized spacial score (nSPS) is 11.2. The molecule has 0 aliphatic carbocycles. The largest absolute Gasteiger partial charge is 0.339 e. The summed E-state index contributed by atoms with van der Waals surface area (Å²) in [4.78, 5) is 4.30. The van der Waals surface area contributed by atoms with Gasteiger partial charge in [0, 0.05) is 22.5 Å². The van der Waals surface area contributed by atoms with E-state index >= 15 is 0 Å². The van der Waals surface area contributed by atoms with E-state index in [0.717, 1.165) is 17.4 Å². The van der Waals surface area contributed by atoms with Crippen LogP contribution >= 0.6 is 15.9 Å². The number of rotatable bonds is 6. The fourth-order valence-corrected chi connectivity index (χ4v) is 2.19. The molecule has 0 saturated heterocycles. The van der Waals surface area contributed by atoms with Gasteiger partial charge in [-0.3, -0.25) is 0 Å². The van der Waals surface area contributed by atoms with E-state index in [4.69, 9.17) is 4.52 Å². The summed E-state index contributed by atoms with van der Waals surface area (Å²) in [5, 5.41) is 7.22. The molecule has 108 valence electrons. The number of benzene rings is 1. The van der Waals surface area contributed by atoms with Crippen molar-refractivity contribution in [3.05, 3.63) is 34.4 Å². The first-order valence-corrected chi connectivity index (χ1v) is 7.37. The zero-order chi connectivity index (χ0) is 14.5. The second-order valence-electron chi connectivity index (χ2n) is 4.85. The summed E-state index contributed by atoms with van der Waals surface area (Å²) in [5.41, 5.74) is 0.598. The summed E-state index contributed by atoms with van der Waals surface area (Å²) in [6.45, 7) is 5.11. The van der Waals surface area contributed by atoms with Crippen molar-refractivity contribution >= 4 is 15.9 Å². The number of aryl methyl sites for hydroxylation is 1. The number of aromatic nitrogens is 2. The lowest BCUT2D eigenvalue weighted by Gasteiger charge is -2.05. The van der Waals surface area contributed by atoms with E-state index in [-0.39, 0.29) is 5.82 Å². The zero-order valence-corrected chi connectivity index (χ0v) is 13.1. The van der Waals surface area contributed by atoms with Crippen LogP contribution < -0.4 is 5.32 Å². The number of hydrogen-bond acceptors (Lipinski definition) is 4. The summed E-state index contributed by atoms with van der Waals surface area (Å²) in [6, 6.07) is 4.87. The van der Waals surface area contributed by atoms with Crippen LogP contribution in [0.15, 0.2) is 27.2 Å². The highest BCUT2D eigenvalue weighted by Crippen LogP contribution is 2.26. The molecule has 0 spiro atoms. The molecule has 0 bridgehead atoms. The van der Waals surface area contributed by atoms with Crippen LogP contribution in [0.5, 0.6) is 0 Å². The Labute approximate surface area is 125 Å². The molecular formula is C14H17BrFN3O. The lowest BCUT2D eigenvalue weighted by atomic mass is 10.2. The van der Waals surface area contributed by atoms with Crippen molar-refractivity contribution in [3.63, 3.8) is 0 Å². The predicted octanol–water partition coefficient (Wildman–Crippen LogP) is 3.57. The van der Waals surface area contributed by atoms with Crippen LogP contribution in [-0.2, 0) is 6.42 Å². The monoisotopic (exact) mass is 341 g/mol. The Balaban J connectivity index is 2.00. The highest BCUT2D eigenvalue weighted by Gasteiger charge is 2.12. The van der Waals surface area contributed by atoms with E-state index in [9.17, 15) is 4.39 Å². The molecular weight excluding hydrogens is 325 g/mol. The van der Waals surface area contributed by atoms with Crippen molar-refractivity contribution < 1.29 is 8.91 Å². The van der Waals surface area contributed by atoms with Crippen molar-refractivity contribution in [2.24, 2.45) is 0 Å². The second kappa shape index (κ2) is 6.95. The Kier molecular flexibility index (Phi) is 5.25. The first-order valence-electron chi connectivity index (χ1n) is 6.57. The maximum Gasteiger partial charge on any atom is 0.227 e. The van der Waals surface area contributed by atoms with E-state index < -0.39 is 0 Å². The standard InChI is InChI=1S/C14H17BrFN3O/c1-9(2)17-7-3-4-13-18-14(19-20-13)11-8-10(16)5-6-12(11)15/h5-6,8-9,17H,3-4,7H2,1-2H3. The minimum absolute atomic E-state index is 0.323. The fourth-order valence-electron chi connectivity index (χ4n) is 1.77. The molecule has 1 N–H and O–H groups in total. The highest BCUT2D eigenvalue weighted by atomic mass is 79.9. The van der Waals surface area contributed by atoms with Crippen LogP contribution in [-0.4, -0.2) is 22.7 Å². The third-order valence-corrected chi connectivity index (χ3v) is 3.45. The quantitative estimate of drug-likeness (QED) is 0.816. The maximum atomic E-state index is 13.2. The van der Waals surface area contributed by atoms with Crippen LogP contribution in [0, 0.1) is 5.82 Å². The first-order chi connectivity index (χ1) is 9.56. The van der Waals surface area contributed by atoms with Gasteiger partial charge in [0.15, 0.2) is 0 Å². The van der Waals surface area contributed by atoms with E-state index in [0.29, 0.717) is 29.7 Å². The Morgan fingerprint density at radius 1 is 1.40 bits per heavy atom. The lowest BCUT2D eigenvalue weighted by Crippen LogP contribution is -2.23. The van der Waals surface area contributed by atoms with E-state index in [1.54, 1.807) is 6.07 Å². The van der Waals surface area contributed by atoms with Gasteiger partial charge in [-0.1, -0.05) is 34.9 Å². The summed E-state index contributed by atoms with van der Waals surface area (Å²) >= 11 is 3.36. The molecule has 0 radical (unpaired) electrons. The second-order valence-corrected chi connectivity index (χ2v) is 5.70. The van der Waals surface area contributed by atoms with Crippen LogP contribution in [0.25, 0.3) is 11.4 Å². The molecule has 20 heavy (non-hydrogen) atoms. The van der Waals surface area contributed by atoms with Gasteiger partial charge in [-0.15, -0.1) is 0 Å². The molecule has 0 unspecified atom stereocenters. The van der Waals surface area contributed by atoms with Crippen LogP contribution in [0.4, 0.5) is 4.39 Å². The predicted molar refractivity (Wildman–Crippen MR) is 78.9 cm³/mol. The Morgan fingerprint density at radius 2 is 2.20 bits per heavy atom. The highest BCUT2D eigenvalue weighted by molar-refractivity contribution is 9.10. The topological polar surface area (TPSA) is 51.0 Å². The van der Waals surface area contributed by atoms with Crippen molar-refractivity contribution in [2.45, 2.75) is 32.7 Å². The molecule has 4 nitrogen and oxygen atoms in total. The molecule has 0 aliphatic rings. The Bertz CT molecular complexity index is 571. The van der Waals surface area contributed by atoms with Gasteiger partial charge in [0.25, 0.3) is 0 Å². The smallest absolute Gasteiger partial charge is 0.227 e. The molecule has 2 rings (SSSR count). The minimum Gasteiger partial charge on any atom is -0.339 e. The minimum atomic E-state index is -0.323. The molecule has 0 amide bonds. The number of halogens is 2. The van der Waals surface area contributed by atoms with E-state index in [2.05, 4.69) is 45.2 Å². The SMILES string of the molecule is CC(C)NCCCc1nc(-c2cc(F)ccc2Br)no1. The van der Waals surface area contributed by atoms with E-state index in [1.807, 2.05) is 0 Å². The molecule has 0 saturated carbocycles. The van der Waals surface area contributed by atoms with Crippen molar-refractivity contribution in [1.29, 1.82) is 0 Å². The van der Waals surface area contributed by atoms with Crippen molar-refractivity contribution in [3.8, 4) is 11.4 Å². The van der Waals surface area contributed by atoms with Gasteiger partial charge >= 0.3 is 0 Å². The van der Waals surface area contributed by atoms with Crippen LogP contribution in [0.2, 0.25) is 0 Å². The third-order valence-electron chi connectivity index (χ3n) is 2.76. The summed E-state index contributed by atoms with van der Waals surface area (Å²) in [7, 11) is 0. The summed E-state index contributed by atoms with van der Waals surface area (Å²) < 4.78 is 19.2. The summed E-state index contributed by atoms with van der Waals surface area (Å²) in [6.07, 6.45) is 1.63. The average Bonchev–Trinajstić information content (AvgIpc) is 2.86. The van der Waals surface area contributed by atoms with Crippen molar-refractivity contribution in [2.75, 3.05) is 6.54 Å². The average molecular weight is 342 g/mol. The molecule has 1 heterocycles. The number of hydrogen-bond donors (Lipinski definition) is 1. The molecule has 1 aromatic heterocycles. The van der Waals surface area contributed by atoms with Gasteiger partial charge in [0.2, 0.25) is 11.7 Å². The molecule has 0 aliphatic heterocycles. The van der Waals surface area contributed by atoms with Gasteiger partial charge in [0.1, 0.15) is 5.82 Å².